The van der Waals surface area contributed by atoms with Crippen LogP contribution in [0.25, 0.3) is 0 Å². The van der Waals surface area contributed by atoms with E-state index in [9.17, 15) is 9.59 Å². The number of amides is 2. The molecule has 3 heterocycles. The fraction of sp³-hybridized carbons (Fsp3) is 0.500. The van der Waals surface area contributed by atoms with Gasteiger partial charge in [0.15, 0.2) is 0 Å². The number of benzene rings is 1. The Morgan fingerprint density at radius 1 is 1.17 bits per heavy atom. The van der Waals surface area contributed by atoms with Crippen molar-refractivity contribution in [1.29, 1.82) is 0 Å². The monoisotopic (exact) mass is 412 g/mol. The van der Waals surface area contributed by atoms with Crippen LogP contribution in [0.1, 0.15) is 48.7 Å². The van der Waals surface area contributed by atoms with Crippen LogP contribution >= 0.6 is 11.3 Å². The number of carbonyl (C=O) groups is 2. The zero-order chi connectivity index (χ0) is 20.1. The molecule has 1 aromatic heterocycles. The van der Waals surface area contributed by atoms with Crippen molar-refractivity contribution in [2.45, 2.75) is 44.2 Å². The van der Waals surface area contributed by atoms with Crippen LogP contribution in [0.5, 0.6) is 0 Å². The van der Waals surface area contributed by atoms with Crippen molar-refractivity contribution < 1.29 is 9.59 Å². The van der Waals surface area contributed by atoms with Crippen LogP contribution in [0, 0.1) is 0 Å². The summed E-state index contributed by atoms with van der Waals surface area (Å²) in [6.45, 7) is 3.00. The molecule has 2 aliphatic heterocycles. The number of carbonyl (C=O) groups excluding carboxylic acids is 2. The smallest absolute Gasteiger partial charge is 0.235 e. The van der Waals surface area contributed by atoms with Crippen molar-refractivity contribution in [3.8, 4) is 0 Å². The molecule has 1 N–H and O–H groups in total. The van der Waals surface area contributed by atoms with Gasteiger partial charge in [-0.15, -0.1) is 11.3 Å². The highest BCUT2D eigenvalue weighted by molar-refractivity contribution is 7.09. The molecule has 0 bridgehead atoms. The van der Waals surface area contributed by atoms with Gasteiger partial charge in [0, 0.05) is 43.7 Å². The third-order valence-electron chi connectivity index (χ3n) is 5.86. The second-order valence-corrected chi connectivity index (χ2v) is 8.76. The summed E-state index contributed by atoms with van der Waals surface area (Å²) in [5.41, 5.74) is 1.04. The minimum Gasteiger partial charge on any atom is -0.342 e. The summed E-state index contributed by atoms with van der Waals surface area (Å²) in [5.74, 6) is 0.322. The number of thiazole rings is 1. The molecule has 0 aliphatic carbocycles. The summed E-state index contributed by atoms with van der Waals surface area (Å²) in [6, 6.07) is 10.1. The molecular weight excluding hydrogens is 384 g/mol. The van der Waals surface area contributed by atoms with Crippen molar-refractivity contribution >= 4 is 23.2 Å². The lowest BCUT2D eigenvalue weighted by atomic mass is 9.99. The molecule has 2 aliphatic rings. The average Bonchev–Trinajstić information content (AvgIpc) is 3.28. The van der Waals surface area contributed by atoms with Crippen LogP contribution in [0.4, 0.5) is 0 Å². The molecular formula is C22H28N4O2S. The topological polar surface area (TPSA) is 65.5 Å². The first-order chi connectivity index (χ1) is 14.2. The third kappa shape index (κ3) is 5.03. The van der Waals surface area contributed by atoms with Crippen molar-refractivity contribution in [1.82, 2.24) is 20.1 Å². The molecule has 1 aromatic carbocycles. The summed E-state index contributed by atoms with van der Waals surface area (Å²) in [5, 5.41) is 6.00. The fourth-order valence-electron chi connectivity index (χ4n) is 4.32. The van der Waals surface area contributed by atoms with E-state index >= 15 is 0 Å². The number of piperidine rings is 2. The molecule has 2 saturated heterocycles. The molecule has 0 spiro atoms. The van der Waals surface area contributed by atoms with Crippen LogP contribution in [-0.4, -0.2) is 58.8 Å². The summed E-state index contributed by atoms with van der Waals surface area (Å²) < 4.78 is 0. The van der Waals surface area contributed by atoms with Crippen molar-refractivity contribution in [2.75, 3.05) is 26.2 Å². The molecule has 0 radical (unpaired) electrons. The van der Waals surface area contributed by atoms with Crippen LogP contribution in [0.2, 0.25) is 0 Å². The van der Waals surface area contributed by atoms with Gasteiger partial charge in [0.05, 0.1) is 6.54 Å². The Kier molecular flexibility index (Phi) is 6.56. The Balaban J connectivity index is 1.32. The number of hydrogen-bond donors (Lipinski definition) is 1. The van der Waals surface area contributed by atoms with Gasteiger partial charge in [-0.05, 0) is 31.2 Å². The molecule has 4 rings (SSSR count). The van der Waals surface area contributed by atoms with E-state index in [1.54, 1.807) is 17.5 Å². The zero-order valence-electron chi connectivity index (χ0n) is 16.6. The lowest BCUT2D eigenvalue weighted by Gasteiger charge is -2.40. The maximum Gasteiger partial charge on any atom is 0.235 e. The SMILES string of the molecule is O=C(CN1CCC(N2CCCCC2=O)CC1)NC(c1ccccc1)c1nccs1. The predicted octanol–water partition coefficient (Wildman–Crippen LogP) is 2.83. The van der Waals surface area contributed by atoms with Crippen LogP contribution in [0.3, 0.4) is 0 Å². The molecule has 154 valence electrons. The number of aromatic nitrogens is 1. The van der Waals surface area contributed by atoms with Crippen molar-refractivity contribution in [3.05, 3.63) is 52.5 Å². The van der Waals surface area contributed by atoms with Gasteiger partial charge in [-0.2, -0.15) is 0 Å². The van der Waals surface area contributed by atoms with Gasteiger partial charge < -0.3 is 10.2 Å². The van der Waals surface area contributed by atoms with Crippen LogP contribution in [-0.2, 0) is 9.59 Å². The van der Waals surface area contributed by atoms with Gasteiger partial charge in [-0.25, -0.2) is 4.98 Å². The average molecular weight is 413 g/mol. The maximum absolute atomic E-state index is 12.8. The molecule has 2 fully saturated rings. The van der Waals surface area contributed by atoms with Gasteiger partial charge in [-0.1, -0.05) is 30.3 Å². The summed E-state index contributed by atoms with van der Waals surface area (Å²) >= 11 is 1.55. The first kappa shape index (κ1) is 20.0. The molecule has 2 amide bonds. The largest absolute Gasteiger partial charge is 0.342 e. The molecule has 29 heavy (non-hydrogen) atoms. The standard InChI is InChI=1S/C22H28N4O2S/c27-19(24-21(22-23-11-15-29-22)17-6-2-1-3-7-17)16-25-13-9-18(10-14-25)26-12-5-4-8-20(26)28/h1-3,6-7,11,15,18,21H,4-5,8-10,12-14,16H2,(H,24,27). The van der Waals surface area contributed by atoms with Crippen LogP contribution < -0.4 is 5.32 Å². The lowest BCUT2D eigenvalue weighted by molar-refractivity contribution is -0.137. The predicted molar refractivity (Wildman–Crippen MR) is 114 cm³/mol. The second-order valence-electron chi connectivity index (χ2n) is 7.83. The van der Waals surface area contributed by atoms with E-state index in [2.05, 4.69) is 20.1 Å². The van der Waals surface area contributed by atoms with Crippen LogP contribution in [0.15, 0.2) is 41.9 Å². The van der Waals surface area contributed by atoms with E-state index in [-0.39, 0.29) is 11.9 Å². The highest BCUT2D eigenvalue weighted by Crippen LogP contribution is 2.24. The van der Waals surface area contributed by atoms with Crippen molar-refractivity contribution in [2.24, 2.45) is 0 Å². The number of nitrogens with one attached hydrogen (secondary N) is 1. The molecule has 2 aromatic rings. The van der Waals surface area contributed by atoms with E-state index in [0.717, 1.165) is 55.9 Å². The van der Waals surface area contributed by atoms with Gasteiger partial charge >= 0.3 is 0 Å². The molecule has 1 atom stereocenters. The number of rotatable bonds is 6. The molecule has 7 heteroatoms. The Morgan fingerprint density at radius 3 is 2.66 bits per heavy atom. The minimum absolute atomic E-state index is 0.0153. The van der Waals surface area contributed by atoms with Gasteiger partial charge in [0.2, 0.25) is 11.8 Å². The molecule has 1 unspecified atom stereocenters. The first-order valence-electron chi connectivity index (χ1n) is 10.5. The lowest BCUT2D eigenvalue weighted by Crippen LogP contribution is -2.50. The minimum atomic E-state index is -0.216. The number of hydrogen-bond acceptors (Lipinski definition) is 5. The van der Waals surface area contributed by atoms with E-state index in [0.29, 0.717) is 24.9 Å². The second kappa shape index (κ2) is 9.50. The van der Waals surface area contributed by atoms with Crippen molar-refractivity contribution in [3.63, 3.8) is 0 Å². The summed E-state index contributed by atoms with van der Waals surface area (Å²) in [7, 11) is 0. The van der Waals surface area contributed by atoms with E-state index < -0.39 is 0 Å². The molecule has 0 saturated carbocycles. The van der Waals surface area contributed by atoms with E-state index in [1.807, 2.05) is 35.7 Å². The van der Waals surface area contributed by atoms with E-state index in [1.165, 1.54) is 0 Å². The quantitative estimate of drug-likeness (QED) is 0.792. The van der Waals surface area contributed by atoms with Gasteiger partial charge in [0.25, 0.3) is 0 Å². The van der Waals surface area contributed by atoms with Gasteiger partial charge in [0.1, 0.15) is 11.0 Å². The number of likely N-dealkylation sites (tertiary alicyclic amines) is 2. The maximum atomic E-state index is 12.8. The number of nitrogens with zero attached hydrogens (tertiary/aromatic N) is 3. The highest BCUT2D eigenvalue weighted by Gasteiger charge is 2.30. The van der Waals surface area contributed by atoms with Gasteiger partial charge in [-0.3, -0.25) is 14.5 Å². The highest BCUT2D eigenvalue weighted by atomic mass is 32.1. The normalized spacial score (nSPS) is 19.9. The Morgan fingerprint density at radius 2 is 1.97 bits per heavy atom. The zero-order valence-corrected chi connectivity index (χ0v) is 17.4. The Hall–Kier alpha value is -2.25. The Bertz CT molecular complexity index is 803. The Labute approximate surface area is 175 Å². The molecule has 6 nitrogen and oxygen atoms in total. The summed E-state index contributed by atoms with van der Waals surface area (Å²) in [4.78, 5) is 33.6. The summed E-state index contributed by atoms with van der Waals surface area (Å²) in [6.07, 6.45) is 6.51. The first-order valence-corrected chi connectivity index (χ1v) is 11.3. The third-order valence-corrected chi connectivity index (χ3v) is 6.70. The van der Waals surface area contributed by atoms with E-state index in [4.69, 9.17) is 0 Å². The fourth-order valence-corrected chi connectivity index (χ4v) is 5.04.